The summed E-state index contributed by atoms with van der Waals surface area (Å²) < 4.78 is 4.62. The number of hydrogen-bond donors (Lipinski definition) is 2. The number of nitrogens with one attached hydrogen (secondary N) is 2. The molecule has 0 unspecified atom stereocenters. The number of carbonyl (C=O) groups is 2. The molecule has 1 saturated carbocycles. The first-order valence-electron chi connectivity index (χ1n) is 8.38. The quantitative estimate of drug-likeness (QED) is 0.766. The first kappa shape index (κ1) is 18.6. The van der Waals surface area contributed by atoms with E-state index in [0.717, 1.165) is 30.0 Å². The standard InChI is InChI=1S/C18H26N2O3S/c1-13-6-8-15(9-7-13)19-18(22)20-16-5-3-4-14(10-16)11-24-12-17(21)23-2/h3-5,10,13,15H,6-9,11-12H2,1-2H3,(H2,19,20,22). The van der Waals surface area contributed by atoms with E-state index in [0.29, 0.717) is 11.5 Å². The van der Waals surface area contributed by atoms with Crippen LogP contribution in [0.3, 0.4) is 0 Å². The Kier molecular flexibility index (Phi) is 7.43. The molecular weight excluding hydrogens is 324 g/mol. The second kappa shape index (κ2) is 9.57. The van der Waals surface area contributed by atoms with E-state index in [1.807, 2.05) is 24.3 Å². The van der Waals surface area contributed by atoms with Crippen LogP contribution in [0.5, 0.6) is 0 Å². The average Bonchev–Trinajstić information content (AvgIpc) is 2.57. The Morgan fingerprint density at radius 2 is 2.00 bits per heavy atom. The van der Waals surface area contributed by atoms with Gasteiger partial charge in [0.2, 0.25) is 0 Å². The fourth-order valence-corrected chi connectivity index (χ4v) is 3.61. The zero-order valence-electron chi connectivity index (χ0n) is 14.3. The Morgan fingerprint density at radius 3 is 2.71 bits per heavy atom. The number of methoxy groups -OCH3 is 1. The fourth-order valence-electron chi connectivity index (χ4n) is 2.81. The first-order chi connectivity index (χ1) is 11.6. The van der Waals surface area contributed by atoms with Gasteiger partial charge in [-0.15, -0.1) is 11.8 Å². The number of urea groups is 1. The topological polar surface area (TPSA) is 67.4 Å². The van der Waals surface area contributed by atoms with Gasteiger partial charge in [0.1, 0.15) is 0 Å². The lowest BCUT2D eigenvalue weighted by atomic mass is 9.87. The molecule has 0 bridgehead atoms. The highest BCUT2D eigenvalue weighted by Gasteiger charge is 2.19. The molecule has 1 aliphatic rings. The van der Waals surface area contributed by atoms with Gasteiger partial charge in [0, 0.05) is 17.5 Å². The molecule has 2 rings (SSSR count). The largest absolute Gasteiger partial charge is 0.468 e. The number of rotatable bonds is 6. The van der Waals surface area contributed by atoms with Crippen LogP contribution in [0.2, 0.25) is 0 Å². The van der Waals surface area contributed by atoms with Gasteiger partial charge in [0.25, 0.3) is 0 Å². The van der Waals surface area contributed by atoms with Gasteiger partial charge in [-0.1, -0.05) is 19.1 Å². The third-order valence-corrected chi connectivity index (χ3v) is 5.23. The van der Waals surface area contributed by atoms with Crippen molar-refractivity contribution >= 4 is 29.4 Å². The zero-order chi connectivity index (χ0) is 17.4. The summed E-state index contributed by atoms with van der Waals surface area (Å²) in [4.78, 5) is 23.2. The third kappa shape index (κ3) is 6.43. The predicted molar refractivity (Wildman–Crippen MR) is 98.2 cm³/mol. The molecule has 0 aliphatic heterocycles. The van der Waals surface area contributed by atoms with Gasteiger partial charge in [-0.25, -0.2) is 4.79 Å². The molecule has 1 aliphatic carbocycles. The highest BCUT2D eigenvalue weighted by atomic mass is 32.2. The lowest BCUT2D eigenvalue weighted by molar-refractivity contribution is -0.137. The minimum absolute atomic E-state index is 0.145. The van der Waals surface area contributed by atoms with E-state index in [1.54, 1.807) is 0 Å². The molecule has 6 heteroatoms. The van der Waals surface area contributed by atoms with Crippen LogP contribution in [0.4, 0.5) is 10.5 Å². The number of hydrogen-bond acceptors (Lipinski definition) is 4. The number of thioether (sulfide) groups is 1. The summed E-state index contributed by atoms with van der Waals surface area (Å²) in [6.07, 6.45) is 4.47. The maximum absolute atomic E-state index is 12.1. The summed E-state index contributed by atoms with van der Waals surface area (Å²) in [6.45, 7) is 2.26. The molecular formula is C18H26N2O3S. The van der Waals surface area contributed by atoms with Crippen molar-refractivity contribution in [2.45, 2.75) is 44.4 Å². The van der Waals surface area contributed by atoms with Gasteiger partial charge >= 0.3 is 12.0 Å². The van der Waals surface area contributed by atoms with Crippen molar-refractivity contribution in [2.75, 3.05) is 18.2 Å². The van der Waals surface area contributed by atoms with Crippen molar-refractivity contribution in [3.05, 3.63) is 29.8 Å². The van der Waals surface area contributed by atoms with E-state index in [4.69, 9.17) is 0 Å². The number of ether oxygens (including phenoxy) is 1. The van der Waals surface area contributed by atoms with E-state index >= 15 is 0 Å². The van der Waals surface area contributed by atoms with Gasteiger partial charge in [0.05, 0.1) is 12.9 Å². The van der Waals surface area contributed by atoms with Crippen molar-refractivity contribution in [1.82, 2.24) is 5.32 Å². The van der Waals surface area contributed by atoms with Gasteiger partial charge in [0.15, 0.2) is 0 Å². The molecule has 0 heterocycles. The van der Waals surface area contributed by atoms with Crippen LogP contribution < -0.4 is 10.6 Å². The Bertz CT molecular complexity index is 557. The number of amides is 2. The molecule has 1 aromatic rings. The zero-order valence-corrected chi connectivity index (χ0v) is 15.2. The number of anilines is 1. The molecule has 0 aromatic heterocycles. The Morgan fingerprint density at radius 1 is 1.25 bits per heavy atom. The van der Waals surface area contributed by atoms with Crippen molar-refractivity contribution in [2.24, 2.45) is 5.92 Å². The highest BCUT2D eigenvalue weighted by molar-refractivity contribution is 7.99. The van der Waals surface area contributed by atoms with Crippen molar-refractivity contribution in [3.8, 4) is 0 Å². The van der Waals surface area contributed by atoms with Crippen molar-refractivity contribution < 1.29 is 14.3 Å². The molecule has 132 valence electrons. The molecule has 1 fully saturated rings. The molecule has 0 radical (unpaired) electrons. The van der Waals surface area contributed by atoms with Crippen LogP contribution in [0.15, 0.2) is 24.3 Å². The lowest BCUT2D eigenvalue weighted by Crippen LogP contribution is -2.39. The number of carbonyl (C=O) groups excluding carboxylic acids is 2. The summed E-state index contributed by atoms with van der Waals surface area (Å²) in [5.41, 5.74) is 1.83. The van der Waals surface area contributed by atoms with Gasteiger partial charge < -0.3 is 15.4 Å². The first-order valence-corrected chi connectivity index (χ1v) is 9.53. The third-order valence-electron chi connectivity index (χ3n) is 4.25. The molecule has 1 aromatic carbocycles. The van der Waals surface area contributed by atoms with Crippen molar-refractivity contribution in [3.63, 3.8) is 0 Å². The van der Waals surface area contributed by atoms with Crippen LogP contribution in [0.1, 0.15) is 38.2 Å². The monoisotopic (exact) mass is 350 g/mol. The Labute approximate surface area is 147 Å². The smallest absolute Gasteiger partial charge is 0.319 e. The van der Waals surface area contributed by atoms with Gasteiger partial charge in [-0.3, -0.25) is 4.79 Å². The van der Waals surface area contributed by atoms with E-state index in [1.165, 1.54) is 31.7 Å². The minimum atomic E-state index is -0.226. The lowest BCUT2D eigenvalue weighted by Gasteiger charge is -2.26. The van der Waals surface area contributed by atoms with E-state index in [2.05, 4.69) is 22.3 Å². The molecule has 0 saturated heterocycles. The summed E-state index contributed by atoms with van der Waals surface area (Å²) >= 11 is 1.49. The normalized spacial score (nSPS) is 20.2. The maximum atomic E-state index is 12.1. The Balaban J connectivity index is 1.78. The molecule has 0 atom stereocenters. The summed E-state index contributed by atoms with van der Waals surface area (Å²) in [7, 11) is 1.39. The minimum Gasteiger partial charge on any atom is -0.468 e. The SMILES string of the molecule is COC(=O)CSCc1cccc(NC(=O)NC2CCC(C)CC2)c1. The van der Waals surface area contributed by atoms with E-state index < -0.39 is 0 Å². The maximum Gasteiger partial charge on any atom is 0.319 e. The van der Waals surface area contributed by atoms with E-state index in [-0.39, 0.29) is 18.0 Å². The van der Waals surface area contributed by atoms with Crippen LogP contribution in [0, 0.1) is 5.92 Å². The predicted octanol–water partition coefficient (Wildman–Crippen LogP) is 3.79. The second-order valence-electron chi connectivity index (χ2n) is 6.32. The van der Waals surface area contributed by atoms with Crippen molar-refractivity contribution in [1.29, 1.82) is 0 Å². The average molecular weight is 350 g/mol. The van der Waals surface area contributed by atoms with Crippen LogP contribution in [-0.4, -0.2) is 30.9 Å². The number of benzene rings is 1. The molecule has 24 heavy (non-hydrogen) atoms. The molecule has 0 spiro atoms. The van der Waals surface area contributed by atoms with Gasteiger partial charge in [-0.2, -0.15) is 0 Å². The van der Waals surface area contributed by atoms with E-state index in [9.17, 15) is 9.59 Å². The summed E-state index contributed by atoms with van der Waals surface area (Å²) in [5.74, 6) is 1.57. The summed E-state index contributed by atoms with van der Waals surface area (Å²) in [5, 5.41) is 5.96. The van der Waals surface area contributed by atoms with Crippen LogP contribution >= 0.6 is 11.8 Å². The van der Waals surface area contributed by atoms with Crippen LogP contribution in [-0.2, 0) is 15.3 Å². The molecule has 2 N–H and O–H groups in total. The second-order valence-corrected chi connectivity index (χ2v) is 7.31. The summed E-state index contributed by atoms with van der Waals surface area (Å²) in [6, 6.07) is 7.83. The van der Waals surface area contributed by atoms with Gasteiger partial charge in [-0.05, 0) is 49.3 Å². The van der Waals surface area contributed by atoms with Crippen LogP contribution in [0.25, 0.3) is 0 Å². The fraction of sp³-hybridized carbons (Fsp3) is 0.556. The molecule has 5 nitrogen and oxygen atoms in total. The highest BCUT2D eigenvalue weighted by Crippen LogP contribution is 2.23. The number of esters is 1. The Hall–Kier alpha value is -1.69. The molecule has 2 amide bonds.